The van der Waals surface area contributed by atoms with Crippen LogP contribution in [0.3, 0.4) is 0 Å². The molecule has 0 radical (unpaired) electrons. The monoisotopic (exact) mass is 270 g/mol. The summed E-state index contributed by atoms with van der Waals surface area (Å²) in [6.45, 7) is 4.38. The summed E-state index contributed by atoms with van der Waals surface area (Å²) >= 11 is 6.04. The Kier molecular flexibility index (Phi) is 6.47. The second kappa shape index (κ2) is 7.62. The van der Waals surface area contributed by atoms with Crippen LogP contribution in [0.4, 0.5) is 0 Å². The van der Waals surface area contributed by atoms with Gasteiger partial charge in [0, 0.05) is 11.1 Å². The molecule has 1 aromatic rings. The summed E-state index contributed by atoms with van der Waals surface area (Å²) in [5.74, 6) is 7.10. The minimum Gasteiger partial charge on any atom is -0.496 e. The highest BCUT2D eigenvalue weighted by Crippen LogP contribution is 2.26. The lowest BCUT2D eigenvalue weighted by Gasteiger charge is -2.25. The molecule has 3 nitrogen and oxygen atoms in total. The van der Waals surface area contributed by atoms with Crippen molar-refractivity contribution in [3.8, 4) is 5.75 Å². The van der Waals surface area contributed by atoms with Gasteiger partial charge in [0.15, 0.2) is 0 Å². The number of hydrogen-bond donors (Lipinski definition) is 2. The van der Waals surface area contributed by atoms with E-state index in [-0.39, 0.29) is 6.04 Å². The molecule has 0 amide bonds. The van der Waals surface area contributed by atoms with E-state index < -0.39 is 0 Å². The Morgan fingerprint density at radius 1 is 1.33 bits per heavy atom. The van der Waals surface area contributed by atoms with Gasteiger partial charge in [-0.15, -0.1) is 0 Å². The maximum absolute atomic E-state index is 6.04. The molecule has 4 heteroatoms. The van der Waals surface area contributed by atoms with Gasteiger partial charge in [-0.1, -0.05) is 38.3 Å². The quantitative estimate of drug-likeness (QED) is 0.591. The molecule has 0 heterocycles. The van der Waals surface area contributed by atoms with Crippen molar-refractivity contribution < 1.29 is 4.74 Å². The van der Waals surface area contributed by atoms with Crippen LogP contribution in [0.2, 0.25) is 5.02 Å². The Hall–Kier alpha value is -0.770. The van der Waals surface area contributed by atoms with Crippen molar-refractivity contribution in [3.05, 3.63) is 28.8 Å². The summed E-state index contributed by atoms with van der Waals surface area (Å²) in [6, 6.07) is 5.93. The van der Waals surface area contributed by atoms with Crippen molar-refractivity contribution in [2.45, 2.75) is 39.2 Å². The number of halogens is 1. The summed E-state index contributed by atoms with van der Waals surface area (Å²) in [6.07, 6.45) is 3.04. The Morgan fingerprint density at radius 3 is 2.50 bits per heavy atom. The molecular weight excluding hydrogens is 248 g/mol. The highest BCUT2D eigenvalue weighted by Gasteiger charge is 2.19. The molecule has 0 aromatic heterocycles. The van der Waals surface area contributed by atoms with Gasteiger partial charge in [-0.05, 0) is 36.1 Å². The standard InChI is InChI=1S/C14H23ClN2O/c1-4-10(5-2)13(17-16)9-11-8-12(15)6-7-14(11)18-3/h6-8,10,13,17H,4-5,9,16H2,1-3H3. The number of ether oxygens (including phenoxy) is 1. The minimum atomic E-state index is 0.243. The van der Waals surface area contributed by atoms with Crippen molar-refractivity contribution in [3.63, 3.8) is 0 Å². The van der Waals surface area contributed by atoms with Gasteiger partial charge in [0.1, 0.15) is 5.75 Å². The van der Waals surface area contributed by atoms with Crippen molar-refractivity contribution in [1.82, 2.24) is 5.43 Å². The van der Waals surface area contributed by atoms with Crippen LogP contribution in [0.25, 0.3) is 0 Å². The molecular formula is C14H23ClN2O. The lowest BCUT2D eigenvalue weighted by molar-refractivity contribution is 0.330. The number of methoxy groups -OCH3 is 1. The van der Waals surface area contributed by atoms with Crippen molar-refractivity contribution in [1.29, 1.82) is 0 Å². The molecule has 0 saturated carbocycles. The summed E-state index contributed by atoms with van der Waals surface area (Å²) in [5.41, 5.74) is 4.02. The fourth-order valence-electron chi connectivity index (χ4n) is 2.36. The maximum Gasteiger partial charge on any atom is 0.122 e. The Balaban J connectivity index is 2.89. The van der Waals surface area contributed by atoms with Crippen LogP contribution in [0.1, 0.15) is 32.3 Å². The second-order valence-corrected chi connectivity index (χ2v) is 4.95. The smallest absolute Gasteiger partial charge is 0.122 e. The van der Waals surface area contributed by atoms with Gasteiger partial charge >= 0.3 is 0 Å². The molecule has 1 atom stereocenters. The molecule has 0 bridgehead atoms. The highest BCUT2D eigenvalue weighted by molar-refractivity contribution is 6.30. The first-order chi connectivity index (χ1) is 8.65. The fraction of sp³-hybridized carbons (Fsp3) is 0.571. The molecule has 102 valence electrons. The second-order valence-electron chi connectivity index (χ2n) is 4.51. The summed E-state index contributed by atoms with van der Waals surface area (Å²) < 4.78 is 5.37. The molecule has 0 aliphatic heterocycles. The predicted molar refractivity (Wildman–Crippen MR) is 76.9 cm³/mol. The van der Waals surface area contributed by atoms with Crippen LogP contribution in [-0.4, -0.2) is 13.2 Å². The highest BCUT2D eigenvalue weighted by atomic mass is 35.5. The third kappa shape index (κ3) is 3.87. The lowest BCUT2D eigenvalue weighted by atomic mass is 9.89. The number of rotatable bonds is 7. The summed E-state index contributed by atoms with van der Waals surface area (Å²) in [5, 5.41) is 0.728. The molecule has 0 fully saturated rings. The number of benzene rings is 1. The van der Waals surface area contributed by atoms with Crippen molar-refractivity contribution in [2.24, 2.45) is 11.8 Å². The third-order valence-corrected chi connectivity index (χ3v) is 3.75. The molecule has 18 heavy (non-hydrogen) atoms. The van der Waals surface area contributed by atoms with Gasteiger partial charge in [-0.25, -0.2) is 0 Å². The SMILES string of the molecule is CCC(CC)C(Cc1cc(Cl)ccc1OC)NN. The van der Waals surface area contributed by atoms with Crippen LogP contribution in [0.15, 0.2) is 18.2 Å². The molecule has 0 aliphatic carbocycles. The summed E-state index contributed by atoms with van der Waals surface area (Å²) in [7, 11) is 1.68. The Labute approximate surface area is 115 Å². The van der Waals surface area contributed by atoms with Crippen LogP contribution in [0.5, 0.6) is 5.75 Å². The molecule has 1 unspecified atom stereocenters. The number of nitrogens with two attached hydrogens (primary N) is 1. The molecule has 1 rings (SSSR count). The maximum atomic E-state index is 6.04. The number of nitrogens with one attached hydrogen (secondary N) is 1. The molecule has 3 N–H and O–H groups in total. The van der Waals surface area contributed by atoms with Gasteiger partial charge in [0.25, 0.3) is 0 Å². The zero-order valence-corrected chi connectivity index (χ0v) is 12.1. The van der Waals surface area contributed by atoms with Crippen molar-refractivity contribution in [2.75, 3.05) is 7.11 Å². The van der Waals surface area contributed by atoms with Crippen LogP contribution < -0.4 is 16.0 Å². The van der Waals surface area contributed by atoms with Gasteiger partial charge in [0.05, 0.1) is 7.11 Å². The molecule has 0 aliphatic rings. The predicted octanol–water partition coefficient (Wildman–Crippen LogP) is 3.16. The van der Waals surface area contributed by atoms with Gasteiger partial charge in [-0.3, -0.25) is 11.3 Å². The van der Waals surface area contributed by atoms with Gasteiger partial charge in [0.2, 0.25) is 0 Å². The van der Waals surface area contributed by atoms with Crippen LogP contribution in [-0.2, 0) is 6.42 Å². The molecule has 0 saturated heterocycles. The minimum absolute atomic E-state index is 0.243. The van der Waals surface area contributed by atoms with Gasteiger partial charge in [-0.2, -0.15) is 0 Å². The van der Waals surface area contributed by atoms with E-state index in [2.05, 4.69) is 19.3 Å². The zero-order chi connectivity index (χ0) is 13.5. The largest absolute Gasteiger partial charge is 0.496 e. The Morgan fingerprint density at radius 2 is 2.00 bits per heavy atom. The average molecular weight is 271 g/mol. The first kappa shape index (κ1) is 15.3. The normalized spacial score (nSPS) is 12.8. The number of hydrogen-bond acceptors (Lipinski definition) is 3. The van der Waals surface area contributed by atoms with Crippen LogP contribution in [0, 0.1) is 5.92 Å². The van der Waals surface area contributed by atoms with E-state index in [1.165, 1.54) is 0 Å². The topological polar surface area (TPSA) is 47.3 Å². The third-order valence-electron chi connectivity index (χ3n) is 3.51. The van der Waals surface area contributed by atoms with Crippen molar-refractivity contribution >= 4 is 11.6 Å². The van der Waals surface area contributed by atoms with E-state index >= 15 is 0 Å². The van der Waals surface area contributed by atoms with E-state index in [4.69, 9.17) is 22.2 Å². The van der Waals surface area contributed by atoms with E-state index in [1.54, 1.807) is 7.11 Å². The van der Waals surface area contributed by atoms with Crippen LogP contribution >= 0.6 is 11.6 Å². The van der Waals surface area contributed by atoms with E-state index in [1.807, 2.05) is 18.2 Å². The van der Waals surface area contributed by atoms with E-state index in [0.29, 0.717) is 5.92 Å². The van der Waals surface area contributed by atoms with E-state index in [0.717, 1.165) is 35.6 Å². The van der Waals surface area contributed by atoms with E-state index in [9.17, 15) is 0 Å². The average Bonchev–Trinajstić information content (AvgIpc) is 2.39. The molecule has 0 spiro atoms. The zero-order valence-electron chi connectivity index (χ0n) is 11.4. The fourth-order valence-corrected chi connectivity index (χ4v) is 2.56. The first-order valence-electron chi connectivity index (χ1n) is 6.44. The number of hydrazine groups is 1. The lowest BCUT2D eigenvalue weighted by Crippen LogP contribution is -2.42. The Bertz CT molecular complexity index is 367. The molecule has 1 aromatic carbocycles. The first-order valence-corrected chi connectivity index (χ1v) is 6.82. The van der Waals surface area contributed by atoms with Gasteiger partial charge < -0.3 is 4.74 Å². The summed E-state index contributed by atoms with van der Waals surface area (Å²) in [4.78, 5) is 0.